The Balaban J connectivity index is 2.39. The quantitative estimate of drug-likeness (QED) is 0.598. The van der Waals surface area contributed by atoms with Gasteiger partial charge in [0.15, 0.2) is 11.5 Å². The minimum Gasteiger partial charge on any atom is -0.313 e. The van der Waals surface area contributed by atoms with E-state index in [0.717, 1.165) is 0 Å². The van der Waals surface area contributed by atoms with Crippen LogP contribution >= 0.6 is 0 Å². The number of fused-ring (bicyclic) bond motifs is 1. The Morgan fingerprint density at radius 2 is 2.21 bits per heavy atom. The number of aliphatic imine (C=N–C) groups is 4. The summed E-state index contributed by atoms with van der Waals surface area (Å²) in [5.41, 5.74) is 5.91. The van der Waals surface area contributed by atoms with Crippen molar-refractivity contribution in [2.75, 3.05) is 7.05 Å². The van der Waals surface area contributed by atoms with E-state index < -0.39 is 5.66 Å². The molecule has 2 unspecified atom stereocenters. The van der Waals surface area contributed by atoms with Gasteiger partial charge in [-0.3, -0.25) is 0 Å². The van der Waals surface area contributed by atoms with Crippen molar-refractivity contribution in [1.82, 2.24) is 5.32 Å². The molecule has 14 heavy (non-hydrogen) atoms. The van der Waals surface area contributed by atoms with Crippen molar-refractivity contribution in [2.45, 2.75) is 18.6 Å². The Morgan fingerprint density at radius 1 is 1.43 bits per heavy atom. The molecule has 0 bridgehead atoms. The monoisotopic (exact) mass is 192 g/mol. The molecular formula is C8H12N6. The number of amidine groups is 1. The predicted octanol–water partition coefficient (Wildman–Crippen LogP) is -0.827. The molecule has 0 amide bonds. The van der Waals surface area contributed by atoms with Gasteiger partial charge in [0.2, 0.25) is 0 Å². The van der Waals surface area contributed by atoms with Gasteiger partial charge in [0.1, 0.15) is 18.4 Å². The molecule has 6 nitrogen and oxygen atoms in total. The van der Waals surface area contributed by atoms with Gasteiger partial charge in [-0.25, -0.2) is 20.0 Å². The van der Waals surface area contributed by atoms with Crippen molar-refractivity contribution in [3.05, 3.63) is 0 Å². The molecule has 2 rings (SSSR count). The number of rotatable bonds is 2. The van der Waals surface area contributed by atoms with Gasteiger partial charge in [-0.1, -0.05) is 0 Å². The summed E-state index contributed by atoms with van der Waals surface area (Å²) in [7, 11) is 1.83. The maximum atomic E-state index is 6.15. The lowest BCUT2D eigenvalue weighted by Gasteiger charge is -2.32. The molecule has 0 aromatic carbocycles. The van der Waals surface area contributed by atoms with E-state index >= 15 is 0 Å². The molecule has 0 radical (unpaired) electrons. The van der Waals surface area contributed by atoms with E-state index in [2.05, 4.69) is 25.3 Å². The average Bonchev–Trinajstić information content (AvgIpc) is 2.66. The molecule has 2 atom stereocenters. The molecule has 6 heteroatoms. The highest BCUT2D eigenvalue weighted by atomic mass is 15.2. The minimum absolute atomic E-state index is 0.0234. The van der Waals surface area contributed by atoms with Crippen LogP contribution in [0.3, 0.4) is 0 Å². The second-order valence-corrected chi connectivity index (χ2v) is 3.26. The van der Waals surface area contributed by atoms with Crippen molar-refractivity contribution in [2.24, 2.45) is 25.7 Å². The maximum absolute atomic E-state index is 6.15. The number of hydrogen-bond acceptors (Lipinski definition) is 6. The molecule has 0 aliphatic carbocycles. The summed E-state index contributed by atoms with van der Waals surface area (Å²) in [5.74, 6) is 0.560. The average molecular weight is 192 g/mol. The first-order valence-electron chi connectivity index (χ1n) is 4.37. The van der Waals surface area contributed by atoms with Crippen LogP contribution in [-0.2, 0) is 0 Å². The Bertz CT molecular complexity index is 366. The fraction of sp³-hybridized carbons (Fsp3) is 0.500. The van der Waals surface area contributed by atoms with Gasteiger partial charge in [0, 0.05) is 6.04 Å². The molecular weight excluding hydrogens is 180 g/mol. The lowest BCUT2D eigenvalue weighted by Crippen LogP contribution is -2.61. The van der Waals surface area contributed by atoms with Crippen molar-refractivity contribution >= 4 is 24.2 Å². The molecule has 3 N–H and O–H groups in total. The maximum Gasteiger partial charge on any atom is 0.180 e. The molecule has 2 heterocycles. The summed E-state index contributed by atoms with van der Waals surface area (Å²) in [6.45, 7) is 1.95. The smallest absolute Gasteiger partial charge is 0.180 e. The zero-order valence-electron chi connectivity index (χ0n) is 8.10. The molecule has 0 fully saturated rings. The van der Waals surface area contributed by atoms with Crippen LogP contribution in [0, 0.1) is 0 Å². The summed E-state index contributed by atoms with van der Waals surface area (Å²) in [6, 6.07) is -0.0234. The van der Waals surface area contributed by atoms with Crippen LogP contribution in [0.2, 0.25) is 0 Å². The van der Waals surface area contributed by atoms with Gasteiger partial charge >= 0.3 is 0 Å². The number of nitrogens with two attached hydrogens (primary N) is 1. The first-order valence-corrected chi connectivity index (χ1v) is 4.37. The normalized spacial score (nSPS) is 31.1. The van der Waals surface area contributed by atoms with Gasteiger partial charge in [0.05, 0.1) is 0 Å². The van der Waals surface area contributed by atoms with Crippen LogP contribution in [0.1, 0.15) is 6.92 Å². The van der Waals surface area contributed by atoms with Crippen LogP contribution in [-0.4, -0.2) is 43.0 Å². The highest BCUT2D eigenvalue weighted by Crippen LogP contribution is 2.18. The molecule has 74 valence electrons. The zero-order chi connectivity index (χ0) is 10.2. The molecule has 2 aliphatic rings. The fourth-order valence-corrected chi connectivity index (χ4v) is 1.41. The van der Waals surface area contributed by atoms with Gasteiger partial charge in [-0.2, -0.15) is 0 Å². The Hall–Kier alpha value is -1.40. The van der Waals surface area contributed by atoms with Crippen LogP contribution in [0.4, 0.5) is 0 Å². The molecule has 0 aromatic heterocycles. The summed E-state index contributed by atoms with van der Waals surface area (Å²) >= 11 is 0. The third-order valence-electron chi connectivity index (χ3n) is 2.50. The number of hydrogen-bond donors (Lipinski definition) is 2. The number of likely N-dealkylation sites (N-methyl/N-ethyl adjacent to an activating group) is 1. The fourth-order valence-electron chi connectivity index (χ4n) is 1.41. The second-order valence-electron chi connectivity index (χ2n) is 3.26. The van der Waals surface area contributed by atoms with Gasteiger partial charge in [-0.15, -0.1) is 0 Å². The molecule has 0 aromatic rings. The standard InChI is InChI=1S/C8H12N6/c1-5(10-2)8(9)6-7(12-3-11-6)13-4-14-8/h3-5,10H,9H2,1-2H3. The minimum atomic E-state index is -0.859. The topological polar surface area (TPSA) is 87.5 Å². The van der Waals surface area contributed by atoms with Crippen LogP contribution < -0.4 is 11.1 Å². The highest BCUT2D eigenvalue weighted by molar-refractivity contribution is 6.50. The van der Waals surface area contributed by atoms with Gasteiger partial charge < -0.3 is 11.1 Å². The first kappa shape index (κ1) is 9.17. The van der Waals surface area contributed by atoms with Crippen LogP contribution in [0.5, 0.6) is 0 Å². The van der Waals surface area contributed by atoms with Crippen molar-refractivity contribution in [3.63, 3.8) is 0 Å². The van der Waals surface area contributed by atoms with Crippen molar-refractivity contribution in [1.29, 1.82) is 0 Å². The van der Waals surface area contributed by atoms with E-state index in [1.165, 1.54) is 12.7 Å². The van der Waals surface area contributed by atoms with Gasteiger partial charge in [0.25, 0.3) is 0 Å². The SMILES string of the molecule is CNC(C)C1(N)N=CN=C2N=CN=C21. The van der Waals surface area contributed by atoms with Crippen LogP contribution in [0.25, 0.3) is 0 Å². The van der Waals surface area contributed by atoms with Crippen LogP contribution in [0.15, 0.2) is 20.0 Å². The third kappa shape index (κ3) is 1.11. The Kier molecular flexibility index (Phi) is 2.01. The first-order chi connectivity index (χ1) is 6.68. The van der Waals surface area contributed by atoms with E-state index in [1.54, 1.807) is 0 Å². The molecule has 2 aliphatic heterocycles. The Labute approximate surface area is 81.8 Å². The molecule has 0 saturated heterocycles. The Morgan fingerprint density at radius 3 is 2.93 bits per heavy atom. The number of nitrogens with zero attached hydrogens (tertiary/aromatic N) is 4. The van der Waals surface area contributed by atoms with E-state index in [0.29, 0.717) is 11.5 Å². The van der Waals surface area contributed by atoms with Gasteiger partial charge in [-0.05, 0) is 14.0 Å². The molecule has 0 spiro atoms. The second kappa shape index (κ2) is 3.07. The summed E-state index contributed by atoms with van der Waals surface area (Å²) in [5, 5.41) is 3.06. The third-order valence-corrected chi connectivity index (χ3v) is 2.50. The highest BCUT2D eigenvalue weighted by Gasteiger charge is 2.41. The van der Waals surface area contributed by atoms with Crippen molar-refractivity contribution < 1.29 is 0 Å². The summed E-state index contributed by atoms with van der Waals surface area (Å²) in [6.07, 6.45) is 2.89. The van der Waals surface area contributed by atoms with E-state index in [4.69, 9.17) is 5.73 Å². The van der Waals surface area contributed by atoms with E-state index in [9.17, 15) is 0 Å². The van der Waals surface area contributed by atoms with E-state index in [1.807, 2.05) is 14.0 Å². The largest absolute Gasteiger partial charge is 0.313 e. The summed E-state index contributed by atoms with van der Waals surface area (Å²) < 4.78 is 0. The number of nitrogens with one attached hydrogen (secondary N) is 1. The van der Waals surface area contributed by atoms with E-state index in [-0.39, 0.29) is 6.04 Å². The predicted molar refractivity (Wildman–Crippen MR) is 57.3 cm³/mol. The lowest BCUT2D eigenvalue weighted by molar-refractivity contribution is 0.438. The zero-order valence-corrected chi connectivity index (χ0v) is 8.10. The van der Waals surface area contributed by atoms with Crippen molar-refractivity contribution in [3.8, 4) is 0 Å². The summed E-state index contributed by atoms with van der Waals surface area (Å²) in [4.78, 5) is 16.2. The lowest BCUT2D eigenvalue weighted by atomic mass is 9.96. The molecule has 0 saturated carbocycles.